The molecule has 2 rings (SSSR count). The largest absolute Gasteiger partial charge is 0.428 e. The van der Waals surface area contributed by atoms with Crippen LogP contribution in [0.25, 0.3) is 5.57 Å². The predicted octanol–water partition coefficient (Wildman–Crippen LogP) is 5.09. The van der Waals surface area contributed by atoms with Crippen LogP contribution in [0.5, 0.6) is 28.7 Å². The second kappa shape index (κ2) is 16.4. The number of allylic oxidation sites excluding steroid dienone is 2. The van der Waals surface area contributed by atoms with Gasteiger partial charge in [-0.3, -0.25) is 4.79 Å². The number of rotatable bonds is 11. The van der Waals surface area contributed by atoms with Gasteiger partial charge in [0, 0.05) is 48.1 Å². The SMILES string of the molecule is C=CC.C=CC(=O)Oc1cc(OC=O)cc(OC(=O)/C(C)=C(\C)c2cc(OC(=O)C=C)cc(OC(=O)C=C)c2)c1. The molecule has 0 amide bonds. The summed E-state index contributed by atoms with van der Waals surface area (Å²) in [5, 5.41) is 0. The maximum Gasteiger partial charge on any atom is 0.339 e. The predicted molar refractivity (Wildman–Crippen MR) is 147 cm³/mol. The lowest BCUT2D eigenvalue weighted by atomic mass is 10.0. The van der Waals surface area contributed by atoms with E-state index in [2.05, 4.69) is 26.3 Å². The number of hydrogen-bond acceptors (Lipinski definition) is 10. The minimum atomic E-state index is -0.806. The van der Waals surface area contributed by atoms with E-state index in [0.29, 0.717) is 11.1 Å². The zero-order valence-corrected chi connectivity index (χ0v) is 22.3. The number of hydrogen-bond donors (Lipinski definition) is 0. The highest BCUT2D eigenvalue weighted by molar-refractivity contribution is 5.98. The van der Waals surface area contributed by atoms with Crippen molar-refractivity contribution in [2.45, 2.75) is 20.8 Å². The van der Waals surface area contributed by atoms with Gasteiger partial charge in [-0.15, -0.1) is 6.58 Å². The van der Waals surface area contributed by atoms with Crippen LogP contribution in [-0.2, 0) is 24.0 Å². The molecule has 2 aromatic rings. The van der Waals surface area contributed by atoms with E-state index >= 15 is 0 Å². The molecule has 0 bridgehead atoms. The van der Waals surface area contributed by atoms with Gasteiger partial charge in [0.25, 0.3) is 6.47 Å². The minimum absolute atomic E-state index is 0.0298. The molecule has 0 spiro atoms. The van der Waals surface area contributed by atoms with Gasteiger partial charge in [0.2, 0.25) is 0 Å². The van der Waals surface area contributed by atoms with Crippen molar-refractivity contribution in [2.24, 2.45) is 0 Å². The normalized spacial score (nSPS) is 10.2. The first kappa shape index (κ1) is 32.5. The smallest absolute Gasteiger partial charge is 0.339 e. The molecule has 0 saturated carbocycles. The van der Waals surface area contributed by atoms with Crippen LogP contribution in [-0.4, -0.2) is 30.3 Å². The van der Waals surface area contributed by atoms with Crippen LogP contribution in [0.1, 0.15) is 26.3 Å². The van der Waals surface area contributed by atoms with Crippen LogP contribution < -0.4 is 23.7 Å². The number of carbonyl (C=O) groups is 5. The Morgan fingerprint density at radius 3 is 1.35 bits per heavy atom. The zero-order valence-electron chi connectivity index (χ0n) is 22.3. The highest BCUT2D eigenvalue weighted by Crippen LogP contribution is 2.31. The van der Waals surface area contributed by atoms with Gasteiger partial charge in [-0.05, 0) is 44.0 Å². The molecule has 0 aliphatic rings. The molecule has 0 aliphatic carbocycles. The molecule has 0 N–H and O–H groups in total. The standard InChI is InChI=1S/C27H22O10.C3H6/c1-6-24(29)34-20-9-18(10-21(13-20)35-25(30)7-2)16(4)17(5)27(32)37-23-12-19(33-15-28)11-22(14-23)36-26(31)8-3;1-3-2/h6-15H,1-3H2,4-5H3;3H,1H2,2H3/b17-16+;. The Morgan fingerprint density at radius 2 is 0.975 bits per heavy atom. The summed E-state index contributed by atoms with van der Waals surface area (Å²) in [7, 11) is 0. The lowest BCUT2D eigenvalue weighted by Crippen LogP contribution is -2.12. The van der Waals surface area contributed by atoms with Crippen molar-refractivity contribution in [2.75, 3.05) is 0 Å². The topological polar surface area (TPSA) is 132 Å². The Morgan fingerprint density at radius 1 is 0.625 bits per heavy atom. The van der Waals surface area contributed by atoms with E-state index in [-0.39, 0.29) is 40.8 Å². The highest BCUT2D eigenvalue weighted by atomic mass is 16.6. The average Bonchev–Trinajstić information content (AvgIpc) is 2.92. The summed E-state index contributed by atoms with van der Waals surface area (Å²) >= 11 is 0. The quantitative estimate of drug-likeness (QED) is 0.123. The van der Waals surface area contributed by atoms with Gasteiger partial charge < -0.3 is 23.7 Å². The molecule has 10 heteroatoms. The van der Waals surface area contributed by atoms with Crippen LogP contribution in [0.2, 0.25) is 0 Å². The van der Waals surface area contributed by atoms with E-state index < -0.39 is 23.9 Å². The lowest BCUT2D eigenvalue weighted by molar-refractivity contribution is -0.130. The van der Waals surface area contributed by atoms with Crippen LogP contribution in [0, 0.1) is 0 Å². The first-order valence-electron chi connectivity index (χ1n) is 11.4. The molecule has 2 aromatic carbocycles. The van der Waals surface area contributed by atoms with E-state index in [4.69, 9.17) is 23.7 Å². The van der Waals surface area contributed by atoms with Gasteiger partial charge in [0.05, 0.1) is 0 Å². The van der Waals surface area contributed by atoms with Gasteiger partial charge in [-0.2, -0.15) is 0 Å². The Kier molecular flexibility index (Phi) is 13.3. The van der Waals surface area contributed by atoms with Gasteiger partial charge in [0.1, 0.15) is 28.7 Å². The maximum atomic E-state index is 12.9. The van der Waals surface area contributed by atoms with E-state index in [9.17, 15) is 24.0 Å². The molecule has 0 heterocycles. The Labute approximate surface area is 231 Å². The van der Waals surface area contributed by atoms with E-state index in [1.54, 1.807) is 13.0 Å². The maximum absolute atomic E-state index is 12.9. The summed E-state index contributed by atoms with van der Waals surface area (Å²) in [6.45, 7) is 18.4. The van der Waals surface area contributed by atoms with Crippen LogP contribution in [0.4, 0.5) is 0 Å². The average molecular weight is 549 g/mol. The third-order valence-electron chi connectivity index (χ3n) is 4.59. The van der Waals surface area contributed by atoms with E-state index in [1.165, 1.54) is 43.3 Å². The summed E-state index contributed by atoms with van der Waals surface area (Å²) in [4.78, 5) is 58.5. The van der Waals surface area contributed by atoms with Crippen molar-refractivity contribution < 1.29 is 47.7 Å². The molecule has 0 saturated heterocycles. The number of benzene rings is 2. The monoisotopic (exact) mass is 548 g/mol. The van der Waals surface area contributed by atoms with Gasteiger partial charge in [-0.1, -0.05) is 25.8 Å². The third kappa shape index (κ3) is 10.5. The van der Waals surface area contributed by atoms with Gasteiger partial charge in [0.15, 0.2) is 0 Å². The van der Waals surface area contributed by atoms with Crippen LogP contribution in [0.15, 0.2) is 92.6 Å². The lowest BCUT2D eigenvalue weighted by Gasteiger charge is -2.13. The highest BCUT2D eigenvalue weighted by Gasteiger charge is 2.17. The van der Waals surface area contributed by atoms with Crippen molar-refractivity contribution in [1.82, 2.24) is 0 Å². The first-order valence-corrected chi connectivity index (χ1v) is 11.4. The fraction of sp³-hybridized carbons (Fsp3) is 0.100. The van der Waals surface area contributed by atoms with Gasteiger partial charge in [-0.25, -0.2) is 19.2 Å². The molecule has 0 fully saturated rings. The molecule has 10 nitrogen and oxygen atoms in total. The van der Waals surface area contributed by atoms with Crippen molar-refractivity contribution in [3.63, 3.8) is 0 Å². The second-order valence-electron chi connectivity index (χ2n) is 7.47. The summed E-state index contributed by atoms with van der Waals surface area (Å²) in [5.74, 6) is -3.21. The van der Waals surface area contributed by atoms with Gasteiger partial charge >= 0.3 is 23.9 Å². The molecule has 0 radical (unpaired) electrons. The first-order chi connectivity index (χ1) is 19.0. The third-order valence-corrected chi connectivity index (χ3v) is 4.59. The Bertz CT molecular complexity index is 1320. The molecule has 40 heavy (non-hydrogen) atoms. The molecule has 208 valence electrons. The van der Waals surface area contributed by atoms with Crippen molar-refractivity contribution in [1.29, 1.82) is 0 Å². The fourth-order valence-corrected chi connectivity index (χ4v) is 2.72. The van der Waals surface area contributed by atoms with Crippen molar-refractivity contribution in [3.8, 4) is 28.7 Å². The second-order valence-corrected chi connectivity index (χ2v) is 7.47. The molecular formula is C30H28O10. The number of carbonyl (C=O) groups excluding carboxylic acids is 5. The summed E-state index contributed by atoms with van der Waals surface area (Å²) in [6, 6.07) is 7.92. The zero-order chi connectivity index (χ0) is 30.2. The molecular weight excluding hydrogens is 520 g/mol. The Hall–Kier alpha value is -5.51. The van der Waals surface area contributed by atoms with Crippen LogP contribution >= 0.6 is 0 Å². The fourth-order valence-electron chi connectivity index (χ4n) is 2.72. The van der Waals surface area contributed by atoms with E-state index in [0.717, 1.165) is 18.2 Å². The number of esters is 4. The Balaban J connectivity index is 0.00000254. The molecule has 0 unspecified atom stereocenters. The molecule has 0 aliphatic heterocycles. The van der Waals surface area contributed by atoms with Crippen molar-refractivity contribution >= 4 is 35.9 Å². The number of ether oxygens (including phenoxy) is 5. The van der Waals surface area contributed by atoms with Crippen LogP contribution in [0.3, 0.4) is 0 Å². The minimum Gasteiger partial charge on any atom is -0.428 e. The molecule has 0 atom stereocenters. The summed E-state index contributed by atoms with van der Waals surface area (Å²) in [5.41, 5.74) is 0.880. The van der Waals surface area contributed by atoms with Crippen molar-refractivity contribution in [3.05, 3.63) is 98.2 Å². The summed E-state index contributed by atoms with van der Waals surface area (Å²) in [6.07, 6.45) is 4.59. The molecule has 0 aromatic heterocycles. The summed E-state index contributed by atoms with van der Waals surface area (Å²) < 4.78 is 25.4. The van der Waals surface area contributed by atoms with E-state index in [1.807, 2.05) is 6.92 Å².